The first-order chi connectivity index (χ1) is 7.08. The van der Waals surface area contributed by atoms with Gasteiger partial charge < -0.3 is 0 Å². The molecule has 0 N–H and O–H groups in total. The Morgan fingerprint density at radius 2 is 2.13 bits per heavy atom. The van der Waals surface area contributed by atoms with Gasteiger partial charge in [-0.25, -0.2) is 0 Å². The van der Waals surface area contributed by atoms with Crippen LogP contribution in [0.5, 0.6) is 0 Å². The highest BCUT2D eigenvalue weighted by Crippen LogP contribution is 2.43. The molecular formula is C11H17BrN2S. The minimum absolute atomic E-state index is 0.409. The summed E-state index contributed by atoms with van der Waals surface area (Å²) >= 11 is 8.04. The summed E-state index contributed by atoms with van der Waals surface area (Å²) in [5.41, 5.74) is 2.73. The molecule has 0 amide bonds. The number of halogens is 1. The van der Waals surface area contributed by atoms with Crippen molar-refractivity contribution >= 4 is 28.6 Å². The van der Waals surface area contributed by atoms with E-state index in [1.165, 1.54) is 25.0 Å². The van der Waals surface area contributed by atoms with Gasteiger partial charge in [0.05, 0.1) is 10.2 Å². The lowest BCUT2D eigenvalue weighted by Crippen LogP contribution is -2.36. The lowest BCUT2D eigenvalue weighted by Gasteiger charge is -2.40. The average molecular weight is 289 g/mol. The zero-order chi connectivity index (χ0) is 11.1. The highest BCUT2D eigenvalue weighted by molar-refractivity contribution is 9.10. The van der Waals surface area contributed by atoms with E-state index in [0.29, 0.717) is 5.41 Å². The van der Waals surface area contributed by atoms with Crippen LogP contribution in [0.15, 0.2) is 4.47 Å². The minimum atomic E-state index is 0.409. The zero-order valence-corrected chi connectivity index (χ0v) is 11.7. The lowest BCUT2D eigenvalue weighted by molar-refractivity contribution is 0.131. The Morgan fingerprint density at radius 1 is 1.47 bits per heavy atom. The molecule has 84 valence electrons. The Labute approximate surface area is 105 Å². The Balaban J connectivity index is 2.20. The van der Waals surface area contributed by atoms with E-state index in [9.17, 15) is 0 Å². The normalized spacial score (nSPS) is 18.9. The van der Waals surface area contributed by atoms with Gasteiger partial charge in [-0.3, -0.25) is 4.68 Å². The molecule has 0 aliphatic heterocycles. The summed E-state index contributed by atoms with van der Waals surface area (Å²) in [4.78, 5) is 0. The molecule has 1 aliphatic carbocycles. The van der Waals surface area contributed by atoms with Crippen LogP contribution in [-0.2, 0) is 6.54 Å². The van der Waals surface area contributed by atoms with Gasteiger partial charge in [0, 0.05) is 12.2 Å². The van der Waals surface area contributed by atoms with Crippen LogP contribution < -0.4 is 0 Å². The van der Waals surface area contributed by atoms with Crippen LogP contribution in [0, 0.1) is 19.3 Å². The van der Waals surface area contributed by atoms with Crippen molar-refractivity contribution in [1.82, 2.24) is 9.78 Å². The van der Waals surface area contributed by atoms with Crippen molar-refractivity contribution in [3.05, 3.63) is 15.9 Å². The molecule has 1 aliphatic rings. The van der Waals surface area contributed by atoms with Gasteiger partial charge in [0.25, 0.3) is 0 Å². The number of aromatic nitrogens is 2. The van der Waals surface area contributed by atoms with Crippen LogP contribution in [0.2, 0.25) is 0 Å². The Kier molecular flexibility index (Phi) is 3.17. The Hall–Kier alpha value is 0.0400. The number of hydrogen-bond donors (Lipinski definition) is 1. The third-order valence-corrected chi connectivity index (χ3v) is 5.35. The van der Waals surface area contributed by atoms with E-state index in [1.54, 1.807) is 0 Å². The lowest BCUT2D eigenvalue weighted by atomic mass is 9.70. The number of aryl methyl sites for hydroxylation is 1. The summed E-state index contributed by atoms with van der Waals surface area (Å²) in [6, 6.07) is 0. The van der Waals surface area contributed by atoms with E-state index in [4.69, 9.17) is 0 Å². The molecule has 1 aromatic rings. The second-order valence-corrected chi connectivity index (χ2v) is 5.76. The highest BCUT2D eigenvalue weighted by atomic mass is 79.9. The zero-order valence-electron chi connectivity index (χ0n) is 9.26. The molecule has 0 atom stereocenters. The summed E-state index contributed by atoms with van der Waals surface area (Å²) in [5, 5.41) is 4.56. The molecule has 0 saturated heterocycles. The molecular weight excluding hydrogens is 272 g/mol. The first-order valence-corrected chi connectivity index (χ1v) is 6.81. The smallest absolute Gasteiger partial charge is 0.0738 e. The maximum absolute atomic E-state index is 4.56. The third-order valence-electron chi connectivity index (χ3n) is 3.53. The Bertz CT molecular complexity index is 363. The minimum Gasteiger partial charge on any atom is -0.268 e. The number of thiol groups is 1. The van der Waals surface area contributed by atoms with E-state index < -0.39 is 0 Å². The maximum atomic E-state index is 4.56. The summed E-state index contributed by atoms with van der Waals surface area (Å²) in [6.07, 6.45) is 3.94. The van der Waals surface area contributed by atoms with Gasteiger partial charge in [0.2, 0.25) is 0 Å². The topological polar surface area (TPSA) is 17.8 Å². The Morgan fingerprint density at radius 3 is 2.47 bits per heavy atom. The van der Waals surface area contributed by atoms with Crippen molar-refractivity contribution in [2.75, 3.05) is 5.75 Å². The molecule has 0 unspecified atom stereocenters. The number of hydrogen-bond acceptors (Lipinski definition) is 2. The molecule has 0 bridgehead atoms. The van der Waals surface area contributed by atoms with E-state index >= 15 is 0 Å². The predicted molar refractivity (Wildman–Crippen MR) is 69.5 cm³/mol. The molecule has 15 heavy (non-hydrogen) atoms. The summed E-state index contributed by atoms with van der Waals surface area (Å²) in [7, 11) is 0. The van der Waals surface area contributed by atoms with Gasteiger partial charge in [-0.1, -0.05) is 6.42 Å². The molecule has 0 aromatic carbocycles. The number of nitrogens with zero attached hydrogens (tertiary/aromatic N) is 2. The van der Waals surface area contributed by atoms with Crippen LogP contribution in [-0.4, -0.2) is 15.5 Å². The number of rotatable bonds is 3. The fourth-order valence-corrected chi connectivity index (χ4v) is 2.89. The van der Waals surface area contributed by atoms with Crippen LogP contribution in [0.25, 0.3) is 0 Å². The summed E-state index contributed by atoms with van der Waals surface area (Å²) < 4.78 is 3.28. The van der Waals surface area contributed by atoms with Crippen LogP contribution in [0.4, 0.5) is 0 Å². The SMILES string of the molecule is Cc1nn(CC2(CS)CCC2)c(C)c1Br. The van der Waals surface area contributed by atoms with E-state index in [1.807, 2.05) is 6.92 Å². The summed E-state index contributed by atoms with van der Waals surface area (Å²) in [6.45, 7) is 5.19. The monoisotopic (exact) mass is 288 g/mol. The van der Waals surface area contributed by atoms with Gasteiger partial charge in [-0.2, -0.15) is 17.7 Å². The first-order valence-electron chi connectivity index (χ1n) is 5.38. The quantitative estimate of drug-likeness (QED) is 0.845. The summed E-state index contributed by atoms with van der Waals surface area (Å²) in [5.74, 6) is 0.975. The standard InChI is InChI=1S/C11H17BrN2S/c1-8-10(12)9(2)14(13-8)6-11(7-15)4-3-5-11/h15H,3-7H2,1-2H3. The van der Waals surface area contributed by atoms with Crippen molar-refractivity contribution in [2.24, 2.45) is 5.41 Å². The van der Waals surface area contributed by atoms with Gasteiger partial charge in [0.1, 0.15) is 0 Å². The van der Waals surface area contributed by atoms with Crippen molar-refractivity contribution in [3.63, 3.8) is 0 Å². The van der Waals surface area contributed by atoms with E-state index in [0.717, 1.165) is 22.5 Å². The molecule has 1 heterocycles. The van der Waals surface area contributed by atoms with Crippen LogP contribution in [0.3, 0.4) is 0 Å². The van der Waals surface area contributed by atoms with E-state index in [2.05, 4.69) is 45.3 Å². The van der Waals surface area contributed by atoms with Crippen LogP contribution in [0.1, 0.15) is 30.7 Å². The molecule has 2 rings (SSSR count). The molecule has 4 heteroatoms. The van der Waals surface area contributed by atoms with Crippen molar-refractivity contribution in [1.29, 1.82) is 0 Å². The molecule has 1 fully saturated rings. The molecule has 2 nitrogen and oxygen atoms in total. The average Bonchev–Trinajstić information content (AvgIpc) is 2.40. The van der Waals surface area contributed by atoms with Crippen molar-refractivity contribution in [3.8, 4) is 0 Å². The van der Waals surface area contributed by atoms with Gasteiger partial charge >= 0.3 is 0 Å². The molecule has 1 aromatic heterocycles. The third kappa shape index (κ3) is 1.98. The fourth-order valence-electron chi connectivity index (χ4n) is 2.19. The highest BCUT2D eigenvalue weighted by Gasteiger charge is 2.36. The first kappa shape index (κ1) is 11.5. The van der Waals surface area contributed by atoms with Gasteiger partial charge in [-0.15, -0.1) is 0 Å². The van der Waals surface area contributed by atoms with Crippen molar-refractivity contribution in [2.45, 2.75) is 39.7 Å². The second-order valence-electron chi connectivity index (χ2n) is 4.65. The van der Waals surface area contributed by atoms with Crippen molar-refractivity contribution < 1.29 is 0 Å². The molecule has 0 radical (unpaired) electrons. The largest absolute Gasteiger partial charge is 0.268 e. The van der Waals surface area contributed by atoms with E-state index in [-0.39, 0.29) is 0 Å². The molecule has 0 spiro atoms. The van der Waals surface area contributed by atoms with Gasteiger partial charge in [-0.05, 0) is 53.8 Å². The maximum Gasteiger partial charge on any atom is 0.0738 e. The predicted octanol–water partition coefficient (Wildman–Crippen LogP) is 3.36. The molecule has 1 saturated carbocycles. The second kappa shape index (κ2) is 4.13. The van der Waals surface area contributed by atoms with Gasteiger partial charge in [0.15, 0.2) is 0 Å². The fraction of sp³-hybridized carbons (Fsp3) is 0.727. The van der Waals surface area contributed by atoms with Crippen LogP contribution >= 0.6 is 28.6 Å².